The molecule has 0 radical (unpaired) electrons. The van der Waals surface area contributed by atoms with Crippen LogP contribution in [-0.2, 0) is 0 Å². The number of rotatable bonds is 4. The van der Waals surface area contributed by atoms with Crippen molar-refractivity contribution in [2.45, 2.75) is 0 Å². The van der Waals surface area contributed by atoms with Gasteiger partial charge in [-0.25, -0.2) is 0 Å². The van der Waals surface area contributed by atoms with E-state index in [1.54, 1.807) is 0 Å². The number of hydrogen-bond acceptors (Lipinski definition) is 4. The van der Waals surface area contributed by atoms with E-state index in [0.717, 1.165) is 27.8 Å². The summed E-state index contributed by atoms with van der Waals surface area (Å²) in [6.07, 6.45) is 0. The largest absolute Gasteiger partial charge is 0.383 e. The second-order valence-corrected chi connectivity index (χ2v) is 3.83. The summed E-state index contributed by atoms with van der Waals surface area (Å²) in [4.78, 5) is 2.12. The topological polar surface area (TPSA) is 15.3 Å². The highest BCUT2D eigenvalue weighted by atomic mass is 32.1. The van der Waals surface area contributed by atoms with Gasteiger partial charge in [-0.2, -0.15) is 0 Å². The van der Waals surface area contributed by atoms with Gasteiger partial charge in [0, 0.05) is 13.1 Å². The van der Waals surface area contributed by atoms with Crippen LogP contribution < -0.4 is 5.32 Å². The third-order valence-electron chi connectivity index (χ3n) is 1.62. The summed E-state index contributed by atoms with van der Waals surface area (Å²) in [7, 11) is 4.08. The first-order chi connectivity index (χ1) is 5.61. The smallest absolute Gasteiger partial charge is 0.0790 e. The molecule has 0 bridgehead atoms. The van der Waals surface area contributed by atoms with Crippen LogP contribution in [0.4, 0.5) is 5.69 Å². The van der Waals surface area contributed by atoms with Gasteiger partial charge in [0.15, 0.2) is 0 Å². The lowest BCUT2D eigenvalue weighted by Crippen LogP contribution is -2.21. The van der Waals surface area contributed by atoms with Gasteiger partial charge in [0.25, 0.3) is 0 Å². The summed E-state index contributed by atoms with van der Waals surface area (Å²) in [6, 6.07) is 1.91. The number of likely N-dealkylation sites (N-methyl/N-ethyl adjacent to an activating group) is 1. The fraction of sp³-hybridized carbons (Fsp3) is 0.500. The van der Waals surface area contributed by atoms with Gasteiger partial charge in [-0.15, -0.1) is 0 Å². The van der Waals surface area contributed by atoms with Crippen LogP contribution in [0, 0.1) is 9.02 Å². The van der Waals surface area contributed by atoms with Crippen molar-refractivity contribution in [3.8, 4) is 0 Å². The molecule has 1 N–H and O–H groups in total. The van der Waals surface area contributed by atoms with Gasteiger partial charge in [-0.05, 0) is 20.2 Å². The maximum Gasteiger partial charge on any atom is 0.0790 e. The minimum Gasteiger partial charge on any atom is -0.383 e. The number of nitrogens with one attached hydrogen (secondary N) is 1. The second kappa shape index (κ2) is 4.07. The zero-order valence-corrected chi connectivity index (χ0v) is 8.89. The molecule has 0 amide bonds. The zero-order valence-electron chi connectivity index (χ0n) is 7.26. The van der Waals surface area contributed by atoms with E-state index in [1.165, 1.54) is 0 Å². The monoisotopic (exact) mass is 200 g/mol. The molecule has 0 aromatic heterocycles. The molecule has 1 aromatic rings. The van der Waals surface area contributed by atoms with Gasteiger partial charge in [-0.3, -0.25) is 0 Å². The van der Waals surface area contributed by atoms with Crippen LogP contribution in [0.3, 0.4) is 0 Å². The molecule has 0 saturated carbocycles. The fourth-order valence-corrected chi connectivity index (χ4v) is 1.28. The maximum atomic E-state index is 5.02. The molecule has 12 heavy (non-hydrogen) atoms. The molecule has 0 saturated heterocycles. The summed E-state index contributed by atoms with van der Waals surface area (Å²) in [5.74, 6) is 0. The van der Waals surface area contributed by atoms with Gasteiger partial charge in [0.2, 0.25) is 0 Å². The van der Waals surface area contributed by atoms with Gasteiger partial charge >= 0.3 is 0 Å². The Kier molecular flexibility index (Phi) is 3.31. The summed E-state index contributed by atoms with van der Waals surface area (Å²) in [5.41, 5.74) is 1.02. The fourth-order valence-electron chi connectivity index (χ4n) is 0.863. The average Bonchev–Trinajstić information content (AvgIpc) is 2.02. The predicted octanol–water partition coefficient (Wildman–Crippen LogP) is 1.99. The molecule has 1 aromatic carbocycles. The van der Waals surface area contributed by atoms with Crippen molar-refractivity contribution in [2.75, 3.05) is 32.5 Å². The Morgan fingerprint density at radius 3 is 2.50 bits per heavy atom. The van der Waals surface area contributed by atoms with Crippen LogP contribution in [0.1, 0.15) is 0 Å². The molecular formula is C8H12N2S2. The molecule has 2 nitrogen and oxygen atoms in total. The second-order valence-electron chi connectivity index (χ2n) is 2.98. The standard InChI is InChI=1S/C8H12N2S2/c1-10(2)4-3-9-6-5-7(11)8(6)12/h5,9H,3-4H2,1-2H3. The Morgan fingerprint density at radius 1 is 1.42 bits per heavy atom. The SMILES string of the molecule is CN(C)CCNc1cc(=S)c1=S. The number of nitrogens with zero attached hydrogens (tertiary/aromatic N) is 1. The van der Waals surface area contributed by atoms with E-state index < -0.39 is 0 Å². The molecule has 0 unspecified atom stereocenters. The molecule has 66 valence electrons. The Labute approximate surface area is 82.9 Å². The normalized spacial score (nSPS) is 10.9. The molecule has 0 spiro atoms. The van der Waals surface area contributed by atoms with Crippen LogP contribution in [0.15, 0.2) is 6.07 Å². The Hall–Kier alpha value is -0.320. The van der Waals surface area contributed by atoms with Crippen LogP contribution in [0.25, 0.3) is 0 Å². The van der Waals surface area contributed by atoms with Crippen molar-refractivity contribution in [2.24, 2.45) is 0 Å². The Bertz CT molecular complexity index is 323. The first kappa shape index (κ1) is 9.77. The first-order valence-electron chi connectivity index (χ1n) is 3.80. The van der Waals surface area contributed by atoms with Crippen molar-refractivity contribution in [1.29, 1.82) is 0 Å². The van der Waals surface area contributed by atoms with Crippen LogP contribution in [0.5, 0.6) is 0 Å². The van der Waals surface area contributed by atoms with E-state index in [0.29, 0.717) is 0 Å². The molecule has 0 heterocycles. The van der Waals surface area contributed by atoms with E-state index in [4.69, 9.17) is 24.4 Å². The first-order valence-corrected chi connectivity index (χ1v) is 4.62. The minimum atomic E-state index is 0.803. The van der Waals surface area contributed by atoms with Crippen LogP contribution in [-0.4, -0.2) is 32.1 Å². The molecular weight excluding hydrogens is 188 g/mol. The van der Waals surface area contributed by atoms with E-state index >= 15 is 0 Å². The van der Waals surface area contributed by atoms with E-state index in [1.807, 2.05) is 20.2 Å². The molecule has 4 heteroatoms. The molecule has 0 aliphatic rings. The van der Waals surface area contributed by atoms with Crippen molar-refractivity contribution in [1.82, 2.24) is 4.90 Å². The predicted molar refractivity (Wildman–Crippen MR) is 57.5 cm³/mol. The molecule has 0 atom stereocenters. The Balaban J connectivity index is 2.32. The third-order valence-corrected chi connectivity index (χ3v) is 2.51. The lowest BCUT2D eigenvalue weighted by molar-refractivity contribution is 0.425. The van der Waals surface area contributed by atoms with Gasteiger partial charge in [0.05, 0.1) is 14.7 Å². The van der Waals surface area contributed by atoms with Crippen molar-refractivity contribution in [3.05, 3.63) is 15.1 Å². The summed E-state index contributed by atoms with van der Waals surface area (Å²) >= 11 is 9.94. The summed E-state index contributed by atoms with van der Waals surface area (Å²) < 4.78 is 1.61. The zero-order chi connectivity index (χ0) is 9.14. The molecule has 0 fully saturated rings. The lowest BCUT2D eigenvalue weighted by Gasteiger charge is -2.12. The van der Waals surface area contributed by atoms with E-state index in [-0.39, 0.29) is 0 Å². The van der Waals surface area contributed by atoms with E-state index in [9.17, 15) is 0 Å². The summed E-state index contributed by atoms with van der Waals surface area (Å²) in [5, 5.41) is 3.22. The molecule has 0 aliphatic heterocycles. The van der Waals surface area contributed by atoms with Crippen molar-refractivity contribution in [3.63, 3.8) is 0 Å². The molecule has 1 rings (SSSR count). The van der Waals surface area contributed by atoms with E-state index in [2.05, 4.69) is 10.2 Å². The molecule has 0 aliphatic carbocycles. The maximum absolute atomic E-state index is 5.02. The highest BCUT2D eigenvalue weighted by Gasteiger charge is 2.00. The number of anilines is 1. The Morgan fingerprint density at radius 2 is 2.08 bits per heavy atom. The quantitative estimate of drug-likeness (QED) is 0.747. The highest BCUT2D eigenvalue weighted by molar-refractivity contribution is 7.74. The van der Waals surface area contributed by atoms with Gasteiger partial charge in [-0.1, -0.05) is 24.4 Å². The summed E-state index contributed by atoms with van der Waals surface area (Å²) in [6.45, 7) is 1.92. The highest BCUT2D eigenvalue weighted by Crippen LogP contribution is 2.16. The van der Waals surface area contributed by atoms with Crippen LogP contribution >= 0.6 is 24.4 Å². The number of hydrogen-bond donors (Lipinski definition) is 1. The van der Waals surface area contributed by atoms with Gasteiger partial charge in [0.1, 0.15) is 0 Å². The van der Waals surface area contributed by atoms with Crippen molar-refractivity contribution < 1.29 is 0 Å². The lowest BCUT2D eigenvalue weighted by atomic mass is 10.3. The minimum absolute atomic E-state index is 0.803. The third kappa shape index (κ3) is 2.33. The average molecular weight is 200 g/mol. The van der Waals surface area contributed by atoms with Crippen molar-refractivity contribution >= 4 is 30.1 Å². The van der Waals surface area contributed by atoms with Gasteiger partial charge < -0.3 is 10.2 Å². The van der Waals surface area contributed by atoms with Crippen LogP contribution in [0.2, 0.25) is 0 Å².